The van der Waals surface area contributed by atoms with Gasteiger partial charge in [0.2, 0.25) is 0 Å². The lowest BCUT2D eigenvalue weighted by Gasteiger charge is -2.21. The Kier molecular flexibility index (Phi) is 9.46. The summed E-state index contributed by atoms with van der Waals surface area (Å²) in [7, 11) is 1.73. The third-order valence-corrected chi connectivity index (χ3v) is 4.81. The Morgan fingerprint density at radius 1 is 1.25 bits per heavy atom. The largest absolute Gasteiger partial charge is 0.495 e. The molecule has 0 amide bonds. The van der Waals surface area contributed by atoms with E-state index in [9.17, 15) is 0 Å². The zero-order valence-electron chi connectivity index (χ0n) is 16.7. The van der Waals surface area contributed by atoms with Crippen molar-refractivity contribution in [2.45, 2.75) is 19.8 Å². The molecule has 2 aromatic rings. The molecule has 1 unspecified atom stereocenters. The lowest BCUT2D eigenvalue weighted by molar-refractivity contribution is 0.414. The fourth-order valence-corrected chi connectivity index (χ4v) is 3.41. The molecule has 1 aromatic heterocycles. The van der Waals surface area contributed by atoms with E-state index in [4.69, 9.17) is 14.1 Å². The highest BCUT2D eigenvalue weighted by Gasteiger charge is 2.24. The molecule has 28 heavy (non-hydrogen) atoms. The van der Waals surface area contributed by atoms with Crippen molar-refractivity contribution in [2.75, 3.05) is 44.7 Å². The Morgan fingerprint density at radius 2 is 2.11 bits per heavy atom. The molecule has 1 aliphatic heterocycles. The number of hydrogen-bond acceptors (Lipinski definition) is 4. The van der Waals surface area contributed by atoms with Crippen LogP contribution in [-0.2, 0) is 6.42 Å². The monoisotopic (exact) mass is 498 g/mol. The van der Waals surface area contributed by atoms with E-state index in [0.717, 1.165) is 63.0 Å². The van der Waals surface area contributed by atoms with Gasteiger partial charge in [-0.15, -0.1) is 24.0 Å². The van der Waals surface area contributed by atoms with E-state index in [-0.39, 0.29) is 24.0 Å². The van der Waals surface area contributed by atoms with Crippen molar-refractivity contribution in [3.05, 3.63) is 48.4 Å². The number of aliphatic imine (C=N–C) groups is 1. The molecule has 0 aliphatic carbocycles. The molecular formula is C21H31IN4O2. The number of rotatable bonds is 8. The lowest BCUT2D eigenvalue weighted by Crippen LogP contribution is -2.38. The van der Waals surface area contributed by atoms with Crippen LogP contribution in [0.15, 0.2) is 52.1 Å². The topological polar surface area (TPSA) is 62.0 Å². The minimum absolute atomic E-state index is 0. The molecule has 7 heteroatoms. The molecule has 2 heterocycles. The molecule has 3 rings (SSSR count). The number of halogens is 1. The van der Waals surface area contributed by atoms with E-state index in [1.54, 1.807) is 13.4 Å². The van der Waals surface area contributed by atoms with Crippen molar-refractivity contribution in [3.8, 4) is 5.75 Å². The molecule has 0 radical (unpaired) electrons. The van der Waals surface area contributed by atoms with Crippen LogP contribution in [0.1, 0.15) is 19.1 Å². The Bertz CT molecular complexity index is 721. The highest BCUT2D eigenvalue weighted by Crippen LogP contribution is 2.31. The van der Waals surface area contributed by atoms with Gasteiger partial charge in [0.05, 0.1) is 19.1 Å². The van der Waals surface area contributed by atoms with Gasteiger partial charge in [0.25, 0.3) is 0 Å². The van der Waals surface area contributed by atoms with Gasteiger partial charge in [0.1, 0.15) is 11.5 Å². The Hall–Kier alpha value is -1.90. The van der Waals surface area contributed by atoms with Crippen molar-refractivity contribution in [3.63, 3.8) is 0 Å². The first kappa shape index (κ1) is 22.4. The zero-order valence-corrected chi connectivity index (χ0v) is 19.0. The van der Waals surface area contributed by atoms with Crippen LogP contribution in [0.4, 0.5) is 5.69 Å². The first-order valence-corrected chi connectivity index (χ1v) is 9.72. The van der Waals surface area contributed by atoms with Crippen molar-refractivity contribution in [1.29, 1.82) is 0 Å². The van der Waals surface area contributed by atoms with E-state index < -0.39 is 0 Å². The van der Waals surface area contributed by atoms with E-state index >= 15 is 0 Å². The maximum absolute atomic E-state index is 5.50. The molecule has 154 valence electrons. The number of nitrogens with one attached hydrogen (secondary N) is 2. The normalized spacial score (nSPS) is 16.6. The average molecular weight is 498 g/mol. The fraction of sp³-hybridized carbons (Fsp3) is 0.476. The standard InChI is InChI=1S/C21H30N4O2.HI/c1-3-22-21(23-12-10-18-7-6-14-27-18)24-15-17-11-13-25(16-17)19-8-4-5-9-20(19)26-2;/h4-9,14,17H,3,10-13,15-16H2,1-2H3,(H2,22,23,24);1H. The highest BCUT2D eigenvalue weighted by atomic mass is 127. The summed E-state index contributed by atoms with van der Waals surface area (Å²) < 4.78 is 10.9. The van der Waals surface area contributed by atoms with Gasteiger partial charge in [-0.3, -0.25) is 4.99 Å². The second-order valence-corrected chi connectivity index (χ2v) is 6.75. The summed E-state index contributed by atoms with van der Waals surface area (Å²) in [6.45, 7) is 6.62. The summed E-state index contributed by atoms with van der Waals surface area (Å²) in [6.07, 6.45) is 3.71. The first-order valence-electron chi connectivity index (χ1n) is 9.72. The molecule has 1 aliphatic rings. The van der Waals surface area contributed by atoms with Gasteiger partial charge in [-0.1, -0.05) is 12.1 Å². The number of anilines is 1. The quantitative estimate of drug-likeness (QED) is 0.332. The van der Waals surface area contributed by atoms with Gasteiger partial charge in [-0.2, -0.15) is 0 Å². The van der Waals surface area contributed by atoms with Gasteiger partial charge in [0.15, 0.2) is 5.96 Å². The minimum Gasteiger partial charge on any atom is -0.495 e. The molecule has 1 aromatic carbocycles. The predicted octanol–water partition coefficient (Wildman–Crippen LogP) is 3.53. The van der Waals surface area contributed by atoms with Crippen LogP contribution in [0.5, 0.6) is 5.75 Å². The predicted molar refractivity (Wildman–Crippen MR) is 125 cm³/mol. The van der Waals surface area contributed by atoms with E-state index in [1.807, 2.05) is 24.3 Å². The maximum atomic E-state index is 5.50. The van der Waals surface area contributed by atoms with Crippen LogP contribution in [0, 0.1) is 5.92 Å². The van der Waals surface area contributed by atoms with E-state index in [2.05, 4.69) is 34.6 Å². The molecule has 1 saturated heterocycles. The summed E-state index contributed by atoms with van der Waals surface area (Å²) in [5, 5.41) is 6.71. The zero-order chi connectivity index (χ0) is 18.9. The van der Waals surface area contributed by atoms with Crippen molar-refractivity contribution in [1.82, 2.24) is 10.6 Å². The third kappa shape index (κ3) is 6.32. The number of para-hydroxylation sites is 2. The second-order valence-electron chi connectivity index (χ2n) is 6.75. The first-order chi connectivity index (χ1) is 13.3. The summed E-state index contributed by atoms with van der Waals surface area (Å²) in [6, 6.07) is 12.1. The van der Waals surface area contributed by atoms with Crippen LogP contribution in [-0.4, -0.2) is 45.8 Å². The second kappa shape index (κ2) is 11.8. The average Bonchev–Trinajstić information content (AvgIpc) is 3.38. The van der Waals surface area contributed by atoms with Gasteiger partial charge in [0, 0.05) is 39.1 Å². The molecule has 0 saturated carbocycles. The van der Waals surface area contributed by atoms with Crippen molar-refractivity contribution >= 4 is 35.6 Å². The van der Waals surface area contributed by atoms with Crippen LogP contribution < -0.4 is 20.3 Å². The summed E-state index contributed by atoms with van der Waals surface area (Å²) in [5.74, 6) is 3.35. The van der Waals surface area contributed by atoms with Gasteiger partial charge < -0.3 is 24.7 Å². The van der Waals surface area contributed by atoms with Gasteiger partial charge in [-0.25, -0.2) is 0 Å². The number of furan rings is 1. The molecule has 1 fully saturated rings. The SMILES string of the molecule is CCNC(=NCC1CCN(c2ccccc2OC)C1)NCCc1ccco1.I. The fourth-order valence-electron chi connectivity index (χ4n) is 3.41. The van der Waals surface area contributed by atoms with Crippen molar-refractivity contribution < 1.29 is 9.15 Å². The van der Waals surface area contributed by atoms with Crippen LogP contribution in [0.2, 0.25) is 0 Å². The number of hydrogen-bond donors (Lipinski definition) is 2. The van der Waals surface area contributed by atoms with Crippen molar-refractivity contribution in [2.24, 2.45) is 10.9 Å². The summed E-state index contributed by atoms with van der Waals surface area (Å²) >= 11 is 0. The number of nitrogens with zero attached hydrogens (tertiary/aromatic N) is 2. The molecule has 1 atom stereocenters. The molecule has 6 nitrogen and oxygen atoms in total. The lowest BCUT2D eigenvalue weighted by atomic mass is 10.1. The molecule has 0 spiro atoms. The Labute approximate surface area is 184 Å². The number of guanidine groups is 1. The summed E-state index contributed by atoms with van der Waals surface area (Å²) in [4.78, 5) is 7.19. The molecule has 2 N–H and O–H groups in total. The maximum Gasteiger partial charge on any atom is 0.191 e. The smallest absolute Gasteiger partial charge is 0.191 e. The third-order valence-electron chi connectivity index (χ3n) is 4.81. The number of methoxy groups -OCH3 is 1. The minimum atomic E-state index is 0. The van der Waals surface area contributed by atoms with Crippen LogP contribution >= 0.6 is 24.0 Å². The Balaban J connectivity index is 0.00000280. The molecule has 0 bridgehead atoms. The molecular weight excluding hydrogens is 467 g/mol. The van der Waals surface area contributed by atoms with Gasteiger partial charge in [-0.05, 0) is 43.5 Å². The number of benzene rings is 1. The van der Waals surface area contributed by atoms with Crippen LogP contribution in [0.3, 0.4) is 0 Å². The van der Waals surface area contributed by atoms with Crippen LogP contribution in [0.25, 0.3) is 0 Å². The van der Waals surface area contributed by atoms with Gasteiger partial charge >= 0.3 is 0 Å². The summed E-state index contributed by atoms with van der Waals surface area (Å²) in [5.41, 5.74) is 1.18. The Morgan fingerprint density at radius 3 is 2.86 bits per heavy atom. The number of ether oxygens (including phenoxy) is 1. The van der Waals surface area contributed by atoms with E-state index in [0.29, 0.717) is 5.92 Å². The highest BCUT2D eigenvalue weighted by molar-refractivity contribution is 14.0. The van der Waals surface area contributed by atoms with E-state index in [1.165, 1.54) is 5.69 Å².